The van der Waals surface area contributed by atoms with E-state index < -0.39 is 5.92 Å². The van der Waals surface area contributed by atoms with E-state index in [1.54, 1.807) is 11.8 Å². The van der Waals surface area contributed by atoms with Gasteiger partial charge in [-0.15, -0.1) is 11.8 Å². The van der Waals surface area contributed by atoms with Crippen LogP contribution in [0.1, 0.15) is 24.0 Å². The van der Waals surface area contributed by atoms with Gasteiger partial charge in [-0.1, -0.05) is 78.9 Å². The number of nitriles is 1. The van der Waals surface area contributed by atoms with E-state index in [1.165, 1.54) is 5.56 Å². The van der Waals surface area contributed by atoms with E-state index >= 15 is 0 Å². The van der Waals surface area contributed by atoms with Crippen molar-refractivity contribution in [3.8, 4) is 6.07 Å². The fraction of sp³-hybridized carbons (Fsp3) is 0.111. The molecule has 0 spiro atoms. The first-order chi connectivity index (χ1) is 15.7. The van der Waals surface area contributed by atoms with Crippen LogP contribution in [-0.4, -0.2) is 5.91 Å². The van der Waals surface area contributed by atoms with Crippen molar-refractivity contribution >= 4 is 23.4 Å². The summed E-state index contributed by atoms with van der Waals surface area (Å²) < 4.78 is 0. The Morgan fingerprint density at radius 2 is 1.56 bits per heavy atom. The van der Waals surface area contributed by atoms with Crippen LogP contribution in [0.3, 0.4) is 0 Å². The SMILES string of the molecule is CC1=C(C(=O)Nc2ccccc2)C(c2ccccc2)C(C#N)=C(SCc2ccccc2)N1. The van der Waals surface area contributed by atoms with E-state index in [1.807, 2.05) is 85.8 Å². The molecule has 0 radical (unpaired) electrons. The van der Waals surface area contributed by atoms with Crippen molar-refractivity contribution in [1.29, 1.82) is 5.26 Å². The number of carbonyl (C=O) groups is 1. The standard InChI is InChI=1S/C27H23N3OS/c1-19-24(26(31)30-22-15-9-4-10-16-22)25(21-13-7-3-8-14-21)23(17-28)27(29-19)32-18-20-11-5-2-6-12-20/h2-16,25,29H,18H2,1H3,(H,30,31). The van der Waals surface area contributed by atoms with Crippen molar-refractivity contribution in [2.24, 2.45) is 0 Å². The van der Waals surface area contributed by atoms with Gasteiger partial charge in [-0.2, -0.15) is 5.26 Å². The Balaban J connectivity index is 1.70. The summed E-state index contributed by atoms with van der Waals surface area (Å²) in [6, 6.07) is 31.6. The highest BCUT2D eigenvalue weighted by Crippen LogP contribution is 2.41. The maximum atomic E-state index is 13.4. The number of dihydropyridines is 1. The molecule has 0 aromatic heterocycles. The molecule has 0 bridgehead atoms. The molecule has 2 N–H and O–H groups in total. The molecular weight excluding hydrogens is 414 g/mol. The molecule has 5 heteroatoms. The summed E-state index contributed by atoms with van der Waals surface area (Å²) in [5.41, 5.74) is 4.68. The number of amides is 1. The number of anilines is 1. The summed E-state index contributed by atoms with van der Waals surface area (Å²) in [6.07, 6.45) is 0. The molecule has 32 heavy (non-hydrogen) atoms. The van der Waals surface area contributed by atoms with Gasteiger partial charge >= 0.3 is 0 Å². The minimum atomic E-state index is -0.440. The van der Waals surface area contributed by atoms with Gasteiger partial charge in [-0.3, -0.25) is 4.79 Å². The van der Waals surface area contributed by atoms with Crippen molar-refractivity contribution in [1.82, 2.24) is 5.32 Å². The number of thioether (sulfide) groups is 1. The first kappa shape index (κ1) is 21.5. The minimum Gasteiger partial charge on any atom is -0.353 e. The molecule has 1 aliphatic heterocycles. The van der Waals surface area contributed by atoms with Crippen LogP contribution in [0.4, 0.5) is 5.69 Å². The third-order valence-corrected chi connectivity index (χ3v) is 6.37. The third-order valence-electron chi connectivity index (χ3n) is 5.28. The van der Waals surface area contributed by atoms with Gasteiger partial charge in [0.1, 0.15) is 0 Å². The lowest BCUT2D eigenvalue weighted by molar-refractivity contribution is -0.113. The van der Waals surface area contributed by atoms with Crippen LogP contribution in [0.2, 0.25) is 0 Å². The predicted molar refractivity (Wildman–Crippen MR) is 130 cm³/mol. The smallest absolute Gasteiger partial charge is 0.254 e. The second kappa shape index (κ2) is 10.0. The Morgan fingerprint density at radius 1 is 0.969 bits per heavy atom. The zero-order chi connectivity index (χ0) is 22.3. The van der Waals surface area contributed by atoms with Crippen LogP contribution in [0, 0.1) is 11.3 Å². The normalized spacial score (nSPS) is 15.7. The number of hydrogen-bond acceptors (Lipinski definition) is 4. The largest absolute Gasteiger partial charge is 0.353 e. The second-order valence-electron chi connectivity index (χ2n) is 7.46. The topological polar surface area (TPSA) is 64.9 Å². The zero-order valence-electron chi connectivity index (χ0n) is 17.7. The van der Waals surface area contributed by atoms with Crippen LogP contribution in [0.15, 0.2) is 113 Å². The van der Waals surface area contributed by atoms with Gasteiger partial charge in [-0.05, 0) is 30.2 Å². The maximum Gasteiger partial charge on any atom is 0.254 e. The van der Waals surface area contributed by atoms with Crippen molar-refractivity contribution in [3.05, 3.63) is 124 Å². The molecule has 4 nitrogen and oxygen atoms in total. The lowest BCUT2D eigenvalue weighted by Gasteiger charge is -2.30. The monoisotopic (exact) mass is 437 g/mol. The van der Waals surface area contributed by atoms with E-state index in [0.717, 1.165) is 27.7 Å². The summed E-state index contributed by atoms with van der Waals surface area (Å²) in [5.74, 6) is 0.0775. The molecule has 1 unspecified atom stereocenters. The van der Waals surface area contributed by atoms with E-state index in [4.69, 9.17) is 0 Å². The highest BCUT2D eigenvalue weighted by atomic mass is 32.2. The molecule has 0 saturated heterocycles. The quantitative estimate of drug-likeness (QED) is 0.500. The Bertz CT molecular complexity index is 1200. The molecular formula is C27H23N3OS. The molecule has 0 aliphatic carbocycles. The third kappa shape index (κ3) is 4.77. The van der Waals surface area contributed by atoms with Crippen LogP contribution in [0.25, 0.3) is 0 Å². The Morgan fingerprint density at radius 3 is 2.19 bits per heavy atom. The fourth-order valence-corrected chi connectivity index (χ4v) is 4.80. The van der Waals surface area contributed by atoms with Gasteiger partial charge < -0.3 is 10.6 Å². The number of benzene rings is 3. The van der Waals surface area contributed by atoms with Crippen molar-refractivity contribution in [2.45, 2.75) is 18.6 Å². The number of hydrogen-bond donors (Lipinski definition) is 2. The van der Waals surface area contributed by atoms with E-state index in [2.05, 4.69) is 28.8 Å². The van der Waals surface area contributed by atoms with E-state index in [-0.39, 0.29) is 5.91 Å². The minimum absolute atomic E-state index is 0.213. The Hall–Kier alpha value is -3.75. The molecule has 3 aromatic carbocycles. The van der Waals surface area contributed by atoms with Crippen LogP contribution >= 0.6 is 11.8 Å². The Labute approximate surface area is 192 Å². The van der Waals surface area contributed by atoms with Gasteiger partial charge in [0.15, 0.2) is 0 Å². The average molecular weight is 438 g/mol. The molecule has 1 aliphatic rings. The van der Waals surface area contributed by atoms with E-state index in [0.29, 0.717) is 11.1 Å². The van der Waals surface area contributed by atoms with Gasteiger partial charge in [0, 0.05) is 22.7 Å². The Kier molecular flexibility index (Phi) is 6.74. The first-order valence-corrected chi connectivity index (χ1v) is 11.4. The average Bonchev–Trinajstić information content (AvgIpc) is 2.84. The maximum absolute atomic E-state index is 13.4. The summed E-state index contributed by atoms with van der Waals surface area (Å²) in [6.45, 7) is 1.90. The van der Waals surface area contributed by atoms with Gasteiger partial charge in [0.2, 0.25) is 0 Å². The predicted octanol–water partition coefficient (Wildman–Crippen LogP) is 5.95. The summed E-state index contributed by atoms with van der Waals surface area (Å²) in [5, 5.41) is 17.3. The summed E-state index contributed by atoms with van der Waals surface area (Å²) in [4.78, 5) is 13.4. The lowest BCUT2D eigenvalue weighted by atomic mass is 9.82. The van der Waals surface area contributed by atoms with Crippen molar-refractivity contribution < 1.29 is 4.79 Å². The van der Waals surface area contributed by atoms with Gasteiger partial charge in [0.25, 0.3) is 5.91 Å². The summed E-state index contributed by atoms with van der Waals surface area (Å²) >= 11 is 1.58. The number of rotatable bonds is 6. The van der Waals surface area contributed by atoms with Crippen molar-refractivity contribution in [2.75, 3.05) is 5.32 Å². The number of nitrogens with zero attached hydrogens (tertiary/aromatic N) is 1. The number of carbonyl (C=O) groups excluding carboxylic acids is 1. The molecule has 4 rings (SSSR count). The van der Waals surface area contributed by atoms with E-state index in [9.17, 15) is 10.1 Å². The van der Waals surface area contributed by atoms with Crippen LogP contribution < -0.4 is 10.6 Å². The second-order valence-corrected chi connectivity index (χ2v) is 8.44. The molecule has 0 saturated carbocycles. The number of allylic oxidation sites excluding steroid dienone is 2. The molecule has 158 valence electrons. The highest BCUT2D eigenvalue weighted by molar-refractivity contribution is 8.02. The summed E-state index contributed by atoms with van der Waals surface area (Å²) in [7, 11) is 0. The van der Waals surface area contributed by atoms with Crippen LogP contribution in [-0.2, 0) is 10.5 Å². The zero-order valence-corrected chi connectivity index (χ0v) is 18.5. The van der Waals surface area contributed by atoms with Crippen molar-refractivity contribution in [3.63, 3.8) is 0 Å². The fourth-order valence-electron chi connectivity index (χ4n) is 3.76. The molecule has 3 aromatic rings. The van der Waals surface area contributed by atoms with Gasteiger partial charge in [0.05, 0.1) is 22.6 Å². The lowest BCUT2D eigenvalue weighted by Crippen LogP contribution is -2.30. The van der Waals surface area contributed by atoms with Gasteiger partial charge in [-0.25, -0.2) is 0 Å². The molecule has 0 fully saturated rings. The first-order valence-electron chi connectivity index (χ1n) is 10.4. The molecule has 1 atom stereocenters. The number of para-hydroxylation sites is 1. The highest BCUT2D eigenvalue weighted by Gasteiger charge is 2.34. The van der Waals surface area contributed by atoms with Crippen LogP contribution in [0.5, 0.6) is 0 Å². The number of nitrogens with one attached hydrogen (secondary N) is 2. The molecule has 1 heterocycles. The molecule has 1 amide bonds.